The Morgan fingerprint density at radius 3 is 1.24 bits per heavy atom. The van der Waals surface area contributed by atoms with Gasteiger partial charge in [0.2, 0.25) is 0 Å². The van der Waals surface area contributed by atoms with Gasteiger partial charge in [0.15, 0.2) is 0 Å². The van der Waals surface area contributed by atoms with Crippen LogP contribution in [-0.4, -0.2) is 38.6 Å². The van der Waals surface area contributed by atoms with Crippen LogP contribution < -0.4 is 15.1 Å². The minimum absolute atomic E-state index is 0.370. The van der Waals surface area contributed by atoms with Gasteiger partial charge in [-0.1, -0.05) is 0 Å². The van der Waals surface area contributed by atoms with Crippen molar-refractivity contribution in [3.8, 4) is 0 Å². The molecule has 4 heteroatoms. The summed E-state index contributed by atoms with van der Waals surface area (Å²) in [6.45, 7) is 0. The van der Waals surface area contributed by atoms with Crippen LogP contribution in [0.15, 0.2) is 115 Å². The summed E-state index contributed by atoms with van der Waals surface area (Å²) < 4.78 is 4.64. The summed E-state index contributed by atoms with van der Waals surface area (Å²) in [5.41, 5.74) is 6.33. The fraction of sp³-hybridized carbons (Fsp3) is 0. The van der Waals surface area contributed by atoms with E-state index in [9.17, 15) is 0 Å². The molecule has 4 rings (SSSR count). The third kappa shape index (κ3) is 6.02. The first-order valence-electron chi connectivity index (χ1n) is 9.29. The predicted molar refractivity (Wildman–Crippen MR) is 124 cm³/mol. The number of nitrogen functional groups attached to an aromatic ring is 1. The van der Waals surface area contributed by atoms with E-state index in [1.54, 1.807) is 21.5 Å². The zero-order valence-corrected chi connectivity index (χ0v) is 19.8. The average Bonchev–Trinajstić information content (AvgIpc) is 2.77. The summed E-state index contributed by atoms with van der Waals surface area (Å²) in [6.07, 6.45) is 0. The topological polar surface area (TPSA) is 67.7 Å². The van der Waals surface area contributed by atoms with Gasteiger partial charge >= 0.3 is 129 Å². The zero-order valence-electron chi connectivity index (χ0n) is 15.9. The molecule has 0 unspecified atom stereocenters. The molecular formula is C25H23NO2Pb+. The molecule has 4 aromatic rings. The summed E-state index contributed by atoms with van der Waals surface area (Å²) in [4.78, 5) is 8.55. The fourth-order valence-corrected chi connectivity index (χ4v) is 13.0. The third-order valence-corrected chi connectivity index (χ3v) is 15.0. The van der Waals surface area contributed by atoms with Crippen molar-refractivity contribution < 1.29 is 9.90 Å². The first-order chi connectivity index (χ1) is 14.1. The van der Waals surface area contributed by atoms with E-state index in [4.69, 9.17) is 15.6 Å². The molecule has 0 aliphatic heterocycles. The van der Waals surface area contributed by atoms with Crippen molar-refractivity contribution in [1.82, 2.24) is 0 Å². The molecule has 1 radical (unpaired) electrons. The summed E-state index contributed by atoms with van der Waals surface area (Å²) in [5, 5.41) is 8.55. The summed E-state index contributed by atoms with van der Waals surface area (Å²) >= 11 is -2.17. The molecule has 0 aliphatic carbocycles. The second-order valence-electron chi connectivity index (χ2n) is 6.42. The summed E-state index contributed by atoms with van der Waals surface area (Å²) in [5.74, 6) is -0.681. The first-order valence-corrected chi connectivity index (χ1v) is 15.1. The van der Waals surface area contributed by atoms with Gasteiger partial charge in [-0.2, -0.15) is 0 Å². The van der Waals surface area contributed by atoms with E-state index >= 15 is 0 Å². The molecule has 4 N–H and O–H groups in total. The van der Waals surface area contributed by atoms with Crippen molar-refractivity contribution in [3.05, 3.63) is 121 Å². The molecule has 143 valence electrons. The van der Waals surface area contributed by atoms with Crippen LogP contribution in [0, 0.1) is 0 Å². The van der Waals surface area contributed by atoms with Crippen molar-refractivity contribution in [1.29, 1.82) is 0 Å². The van der Waals surface area contributed by atoms with Gasteiger partial charge in [-0.05, 0) is 24.3 Å². The van der Waals surface area contributed by atoms with Crippen LogP contribution in [0.4, 0.5) is 5.69 Å². The molecule has 0 amide bonds. The Morgan fingerprint density at radius 2 is 0.931 bits per heavy atom. The normalized spacial score (nSPS) is 10.1. The van der Waals surface area contributed by atoms with Gasteiger partial charge in [-0.3, -0.25) is 0 Å². The molecule has 4 aromatic carbocycles. The van der Waals surface area contributed by atoms with Crippen molar-refractivity contribution in [2.75, 3.05) is 5.73 Å². The number of hydrogen-bond acceptors (Lipinski definition) is 1. The van der Waals surface area contributed by atoms with Crippen LogP contribution in [-0.2, 0) is 0 Å². The zero-order chi connectivity index (χ0) is 20.5. The number of nitrogens with two attached hydrogens (primary N) is 1. The number of carboxylic acids is 1. The molecular weight excluding hydrogens is 553 g/mol. The van der Waals surface area contributed by atoms with Crippen molar-refractivity contribution >= 4 is 43.7 Å². The molecule has 0 bridgehead atoms. The average molecular weight is 577 g/mol. The van der Waals surface area contributed by atoms with Crippen molar-refractivity contribution in [2.45, 2.75) is 0 Å². The maximum atomic E-state index is 8.55. The molecule has 0 saturated heterocycles. The first kappa shape index (κ1) is 20.8. The van der Waals surface area contributed by atoms with Crippen LogP contribution in [0.5, 0.6) is 0 Å². The van der Waals surface area contributed by atoms with Crippen LogP contribution in [0.2, 0.25) is 0 Å². The molecule has 3 nitrogen and oxygen atoms in total. The monoisotopic (exact) mass is 577 g/mol. The number of aromatic carboxylic acids is 1. The van der Waals surface area contributed by atoms with E-state index in [2.05, 4.69) is 91.0 Å². The van der Waals surface area contributed by atoms with E-state index < -0.39 is 28.7 Å². The Hall–Kier alpha value is -2.93. The van der Waals surface area contributed by atoms with Crippen LogP contribution in [0.1, 0.15) is 5.56 Å². The maximum absolute atomic E-state index is 8.55. The number of benzene rings is 4. The van der Waals surface area contributed by atoms with Gasteiger partial charge in [0, 0.05) is 5.69 Å². The summed E-state index contributed by atoms with van der Waals surface area (Å²) in [6, 6.07) is 39.3. The van der Waals surface area contributed by atoms with E-state index in [-0.39, 0.29) is 0 Å². The Bertz CT molecular complexity index is 927. The van der Waals surface area contributed by atoms with Crippen molar-refractivity contribution in [2.24, 2.45) is 0 Å². The molecule has 0 aromatic heterocycles. The molecule has 0 heterocycles. The van der Waals surface area contributed by atoms with Crippen LogP contribution >= 0.6 is 0 Å². The SMILES string of the molecule is Nc1ccc(C(O)=[OH+])cc1.c1cc[c]([Pb]([c]2ccccc2)[c]2ccccc2)cc1. The second kappa shape index (κ2) is 10.6. The number of anilines is 1. The van der Waals surface area contributed by atoms with Crippen LogP contribution in [0.3, 0.4) is 0 Å². The van der Waals surface area contributed by atoms with Crippen LogP contribution in [0.25, 0.3) is 0 Å². The second-order valence-corrected chi connectivity index (χ2v) is 16.1. The van der Waals surface area contributed by atoms with E-state index in [1.807, 2.05) is 0 Å². The van der Waals surface area contributed by atoms with E-state index in [0.717, 1.165) is 0 Å². The standard InChI is InChI=1S/C7H7NO2.3C6H5.Pb/c8-6-3-1-5(2-4-6)7(9)10;3*1-2-4-6-5-3-1;/h1-4H,8H2,(H,9,10);3*1-5H;/p+1. The Morgan fingerprint density at radius 1 is 0.586 bits per heavy atom. The molecule has 0 fully saturated rings. The van der Waals surface area contributed by atoms with Gasteiger partial charge in [-0.15, -0.1) is 0 Å². The van der Waals surface area contributed by atoms with E-state index in [0.29, 0.717) is 11.3 Å². The van der Waals surface area contributed by atoms with Gasteiger partial charge in [-0.25, -0.2) is 0 Å². The molecule has 0 aliphatic rings. The van der Waals surface area contributed by atoms with Gasteiger partial charge < -0.3 is 15.6 Å². The number of carboxylic acid groups (broad SMARTS) is 1. The Kier molecular flexibility index (Phi) is 7.58. The Labute approximate surface area is 179 Å². The number of aliphatic hydroxyl groups excluding tert-OH is 1. The Balaban J connectivity index is 0.000000204. The van der Waals surface area contributed by atoms with Gasteiger partial charge in [0.05, 0.1) is 0 Å². The number of rotatable bonds is 4. The predicted octanol–water partition coefficient (Wildman–Crippen LogP) is 2.88. The van der Waals surface area contributed by atoms with Gasteiger partial charge in [0.25, 0.3) is 0 Å². The number of hydrogen-bond donors (Lipinski definition) is 2. The molecule has 0 saturated carbocycles. The quantitative estimate of drug-likeness (QED) is 0.223. The van der Waals surface area contributed by atoms with Gasteiger partial charge in [0.1, 0.15) is 5.56 Å². The molecule has 29 heavy (non-hydrogen) atoms. The van der Waals surface area contributed by atoms with Crippen molar-refractivity contribution in [3.63, 3.8) is 0 Å². The fourth-order valence-electron chi connectivity index (χ4n) is 2.95. The molecule has 0 atom stereocenters. The summed E-state index contributed by atoms with van der Waals surface area (Å²) in [7, 11) is 0. The third-order valence-electron chi connectivity index (χ3n) is 4.36. The van der Waals surface area contributed by atoms with E-state index in [1.165, 1.54) is 12.1 Å². The minimum atomic E-state index is -2.17. The molecule has 0 spiro atoms.